The maximum atomic E-state index is 13.6. The second kappa shape index (κ2) is 13.9. The van der Waals surface area contributed by atoms with E-state index in [0.717, 1.165) is 10.5 Å². The van der Waals surface area contributed by atoms with Gasteiger partial charge in [-0.25, -0.2) is 13.2 Å². The number of rotatable bonds is 14. The molecule has 1 aromatic heterocycles. The van der Waals surface area contributed by atoms with Gasteiger partial charge in [0.1, 0.15) is 6.54 Å². The highest BCUT2D eigenvalue weighted by Gasteiger charge is 2.35. The number of amides is 1. The lowest BCUT2D eigenvalue weighted by Crippen LogP contribution is -2.52. The average molecular weight is 555 g/mol. The zero-order chi connectivity index (χ0) is 28.4. The molecule has 39 heavy (non-hydrogen) atoms. The maximum Gasteiger partial charge on any atom is 0.407 e. The first kappa shape index (κ1) is 29.9. The fourth-order valence-corrected chi connectivity index (χ4v) is 5.94. The number of pyridine rings is 1. The van der Waals surface area contributed by atoms with E-state index in [1.807, 2.05) is 44.2 Å². The molecule has 3 rings (SSSR count). The SMILES string of the molecule is CC(C)CN(C[C@@H](O)[C@H](Cc1ccccc1)N(Cc1cccnc1)C(=O)O)S(=O)(=O)c1ccc(CN=O)cc1. The van der Waals surface area contributed by atoms with Gasteiger partial charge in [0.25, 0.3) is 0 Å². The summed E-state index contributed by atoms with van der Waals surface area (Å²) >= 11 is 0. The van der Waals surface area contributed by atoms with Crippen LogP contribution < -0.4 is 0 Å². The molecule has 2 atom stereocenters. The second-order valence-electron chi connectivity index (χ2n) is 9.74. The van der Waals surface area contributed by atoms with Crippen LogP contribution in [0.4, 0.5) is 4.79 Å². The van der Waals surface area contributed by atoms with Crippen LogP contribution in [0.3, 0.4) is 0 Å². The quantitative estimate of drug-likeness (QED) is 0.285. The number of benzene rings is 2. The number of aromatic nitrogens is 1. The van der Waals surface area contributed by atoms with Crippen LogP contribution in [0.25, 0.3) is 0 Å². The number of nitrogens with zero attached hydrogens (tertiary/aromatic N) is 4. The molecule has 1 heterocycles. The van der Waals surface area contributed by atoms with Crippen LogP contribution in [0.2, 0.25) is 0 Å². The molecule has 0 aliphatic heterocycles. The fourth-order valence-electron chi connectivity index (χ4n) is 4.32. The molecule has 3 aromatic rings. The van der Waals surface area contributed by atoms with Crippen LogP contribution in [-0.4, -0.2) is 64.1 Å². The van der Waals surface area contributed by atoms with E-state index in [1.165, 1.54) is 28.6 Å². The van der Waals surface area contributed by atoms with Crippen LogP contribution in [-0.2, 0) is 29.5 Å². The third kappa shape index (κ3) is 8.41. The van der Waals surface area contributed by atoms with E-state index >= 15 is 0 Å². The standard InChI is InChI=1S/C28H34N4O6S/c1-21(2)18-31(39(37,38)25-12-10-23(11-13-25)17-30-36)20-27(33)26(15-22-7-4-3-5-8-22)32(28(34)35)19-24-9-6-14-29-16-24/h3-14,16,21,26-27,33H,15,17-20H2,1-2H3,(H,34,35)/t26-,27+/m0/s1. The van der Waals surface area contributed by atoms with Gasteiger partial charge in [0.05, 0.1) is 23.6 Å². The lowest BCUT2D eigenvalue weighted by atomic mass is 9.99. The minimum Gasteiger partial charge on any atom is -0.465 e. The molecular formula is C28H34N4O6S. The molecule has 0 spiro atoms. The molecule has 0 aliphatic rings. The summed E-state index contributed by atoms with van der Waals surface area (Å²) in [7, 11) is -4.05. The molecule has 11 heteroatoms. The molecular weight excluding hydrogens is 520 g/mol. The summed E-state index contributed by atoms with van der Waals surface area (Å²) in [6.07, 6.45) is 0.738. The molecule has 0 saturated carbocycles. The number of hydrogen-bond donors (Lipinski definition) is 2. The number of hydrogen-bond acceptors (Lipinski definition) is 7. The molecule has 0 aliphatic carbocycles. The largest absolute Gasteiger partial charge is 0.465 e. The van der Waals surface area contributed by atoms with Gasteiger partial charge in [-0.2, -0.15) is 9.21 Å². The van der Waals surface area contributed by atoms with E-state index < -0.39 is 28.3 Å². The molecule has 0 bridgehead atoms. The van der Waals surface area contributed by atoms with Gasteiger partial charge < -0.3 is 10.2 Å². The van der Waals surface area contributed by atoms with Crippen LogP contribution in [0.1, 0.15) is 30.5 Å². The van der Waals surface area contributed by atoms with E-state index in [4.69, 9.17) is 0 Å². The van der Waals surface area contributed by atoms with E-state index in [-0.39, 0.29) is 43.4 Å². The van der Waals surface area contributed by atoms with Crippen LogP contribution in [0.5, 0.6) is 0 Å². The molecule has 0 fully saturated rings. The first-order chi connectivity index (χ1) is 18.6. The lowest BCUT2D eigenvalue weighted by molar-refractivity contribution is 0.0337. The van der Waals surface area contributed by atoms with E-state index in [0.29, 0.717) is 11.1 Å². The predicted octanol–water partition coefficient (Wildman–Crippen LogP) is 4.15. The van der Waals surface area contributed by atoms with Crippen molar-refractivity contribution in [1.29, 1.82) is 0 Å². The summed E-state index contributed by atoms with van der Waals surface area (Å²) in [6, 6.07) is 17.5. The highest BCUT2D eigenvalue weighted by atomic mass is 32.2. The Kier molecular flexibility index (Phi) is 10.7. The predicted molar refractivity (Wildman–Crippen MR) is 147 cm³/mol. The minimum atomic E-state index is -4.05. The van der Waals surface area contributed by atoms with E-state index in [2.05, 4.69) is 10.2 Å². The molecule has 0 unspecified atom stereocenters. The smallest absolute Gasteiger partial charge is 0.407 e. The van der Waals surface area contributed by atoms with Gasteiger partial charge in [0.15, 0.2) is 0 Å². The summed E-state index contributed by atoms with van der Waals surface area (Å²) in [4.78, 5) is 28.2. The van der Waals surface area contributed by atoms with Gasteiger partial charge in [0.2, 0.25) is 10.0 Å². The van der Waals surface area contributed by atoms with Crippen LogP contribution >= 0.6 is 0 Å². The molecule has 0 radical (unpaired) electrons. The van der Waals surface area contributed by atoms with Crippen molar-refractivity contribution in [2.75, 3.05) is 13.1 Å². The van der Waals surface area contributed by atoms with Gasteiger partial charge in [-0.05, 0) is 47.2 Å². The topological polar surface area (TPSA) is 140 Å². The third-order valence-electron chi connectivity index (χ3n) is 6.22. The van der Waals surface area contributed by atoms with Crippen molar-refractivity contribution in [3.8, 4) is 0 Å². The number of aliphatic hydroxyl groups is 1. The Hall–Kier alpha value is -3.67. The summed E-state index contributed by atoms with van der Waals surface area (Å²) < 4.78 is 28.5. The number of sulfonamides is 1. The Balaban J connectivity index is 1.95. The normalized spacial score (nSPS) is 13.3. The van der Waals surface area contributed by atoms with Gasteiger partial charge in [-0.1, -0.05) is 67.6 Å². The monoisotopic (exact) mass is 554 g/mol. The van der Waals surface area contributed by atoms with Gasteiger partial charge >= 0.3 is 6.09 Å². The zero-order valence-electron chi connectivity index (χ0n) is 22.0. The molecule has 208 valence electrons. The molecule has 1 amide bonds. The Morgan fingerprint density at radius 2 is 1.62 bits per heavy atom. The second-order valence-corrected chi connectivity index (χ2v) is 11.7. The summed E-state index contributed by atoms with van der Waals surface area (Å²) in [5.74, 6) is -0.0657. The highest BCUT2D eigenvalue weighted by molar-refractivity contribution is 7.89. The number of aliphatic hydroxyl groups excluding tert-OH is 1. The van der Waals surface area contributed by atoms with Crippen molar-refractivity contribution in [2.45, 2.75) is 50.4 Å². The Morgan fingerprint density at radius 1 is 0.949 bits per heavy atom. The minimum absolute atomic E-state index is 0.00931. The highest BCUT2D eigenvalue weighted by Crippen LogP contribution is 2.22. The molecule has 0 saturated heterocycles. The van der Waals surface area contributed by atoms with Gasteiger partial charge in [0, 0.05) is 25.5 Å². The summed E-state index contributed by atoms with van der Waals surface area (Å²) in [5.41, 5.74) is 2.02. The number of carboxylic acid groups (broad SMARTS) is 1. The van der Waals surface area contributed by atoms with E-state index in [9.17, 15) is 28.3 Å². The summed E-state index contributed by atoms with van der Waals surface area (Å²) in [6.45, 7) is 3.43. The first-order valence-electron chi connectivity index (χ1n) is 12.6. The number of carbonyl (C=O) groups is 1. The number of nitroso groups, excluding NO2 is 1. The Labute approximate surface area is 229 Å². The van der Waals surface area contributed by atoms with Crippen molar-refractivity contribution in [3.63, 3.8) is 0 Å². The third-order valence-corrected chi connectivity index (χ3v) is 8.07. The van der Waals surface area contributed by atoms with Crippen molar-refractivity contribution in [1.82, 2.24) is 14.2 Å². The average Bonchev–Trinajstić information content (AvgIpc) is 2.91. The molecule has 10 nitrogen and oxygen atoms in total. The van der Waals surface area contributed by atoms with Crippen LogP contribution in [0.15, 0.2) is 89.2 Å². The summed E-state index contributed by atoms with van der Waals surface area (Å²) in [5, 5.41) is 24.5. The van der Waals surface area contributed by atoms with Crippen molar-refractivity contribution in [2.24, 2.45) is 11.1 Å². The van der Waals surface area contributed by atoms with Gasteiger partial charge in [-0.15, -0.1) is 0 Å². The maximum absolute atomic E-state index is 13.6. The molecule has 2 N–H and O–H groups in total. The lowest BCUT2D eigenvalue weighted by Gasteiger charge is -2.35. The molecule has 2 aromatic carbocycles. The Bertz CT molecular complexity index is 1300. The fraction of sp³-hybridized carbons (Fsp3) is 0.357. The zero-order valence-corrected chi connectivity index (χ0v) is 22.8. The van der Waals surface area contributed by atoms with Crippen molar-refractivity contribution >= 4 is 16.1 Å². The van der Waals surface area contributed by atoms with Crippen molar-refractivity contribution in [3.05, 3.63) is 101 Å². The first-order valence-corrected chi connectivity index (χ1v) is 14.0. The Morgan fingerprint density at radius 3 is 2.18 bits per heavy atom. The van der Waals surface area contributed by atoms with E-state index in [1.54, 1.807) is 24.5 Å². The van der Waals surface area contributed by atoms with Crippen LogP contribution in [0, 0.1) is 10.8 Å². The van der Waals surface area contributed by atoms with Gasteiger partial charge in [-0.3, -0.25) is 9.88 Å². The van der Waals surface area contributed by atoms with Crippen molar-refractivity contribution < 1.29 is 23.4 Å².